The predicted octanol–water partition coefficient (Wildman–Crippen LogP) is 0.878. The molecule has 0 N–H and O–H groups in total. The molecule has 0 saturated carbocycles. The van der Waals surface area contributed by atoms with Gasteiger partial charge in [0, 0.05) is 13.1 Å². The van der Waals surface area contributed by atoms with E-state index in [9.17, 15) is 14.0 Å². The molecule has 7 nitrogen and oxygen atoms in total. The Labute approximate surface area is 114 Å². The van der Waals surface area contributed by atoms with Gasteiger partial charge < -0.3 is 4.90 Å². The second kappa shape index (κ2) is 5.64. The second-order valence-electron chi connectivity index (χ2n) is 3.99. The number of para-hydroxylation sites is 1. The molecule has 0 radical (unpaired) electrons. The van der Waals surface area contributed by atoms with Crippen LogP contribution in [0, 0.1) is 5.82 Å². The summed E-state index contributed by atoms with van der Waals surface area (Å²) in [5.41, 5.74) is -0.844. The molecule has 0 aliphatic rings. The molecule has 0 spiro atoms. The summed E-state index contributed by atoms with van der Waals surface area (Å²) >= 11 is 0. The van der Waals surface area contributed by atoms with E-state index < -0.39 is 17.5 Å². The van der Waals surface area contributed by atoms with Crippen molar-refractivity contribution >= 4 is 6.03 Å². The zero-order chi connectivity index (χ0) is 14.7. The minimum absolute atomic E-state index is 0.0453. The molecular weight excluding hydrogens is 265 g/mol. The molecule has 1 amide bonds. The highest BCUT2D eigenvalue weighted by molar-refractivity contribution is 5.75. The highest BCUT2D eigenvalue weighted by Crippen LogP contribution is 2.08. The van der Waals surface area contributed by atoms with Gasteiger partial charge in [-0.1, -0.05) is 12.1 Å². The third kappa shape index (κ3) is 2.31. The maximum absolute atomic E-state index is 13.6. The number of tetrazole rings is 1. The Morgan fingerprint density at radius 3 is 2.50 bits per heavy atom. The number of benzene rings is 1. The van der Waals surface area contributed by atoms with Gasteiger partial charge in [-0.05, 0) is 36.4 Å². The molecule has 1 aromatic carbocycles. The van der Waals surface area contributed by atoms with Gasteiger partial charge in [-0.25, -0.2) is 14.0 Å². The van der Waals surface area contributed by atoms with Crippen molar-refractivity contribution in [1.29, 1.82) is 0 Å². The molecule has 0 bridgehead atoms. The van der Waals surface area contributed by atoms with E-state index in [4.69, 9.17) is 0 Å². The van der Waals surface area contributed by atoms with Crippen LogP contribution in [-0.4, -0.2) is 43.8 Å². The van der Waals surface area contributed by atoms with Crippen molar-refractivity contribution in [3.63, 3.8) is 0 Å². The van der Waals surface area contributed by atoms with Crippen LogP contribution in [-0.2, 0) is 0 Å². The topological polar surface area (TPSA) is 73.0 Å². The summed E-state index contributed by atoms with van der Waals surface area (Å²) in [6, 6.07) is 5.07. The van der Waals surface area contributed by atoms with Crippen LogP contribution in [0.3, 0.4) is 0 Å². The van der Waals surface area contributed by atoms with E-state index in [0.717, 1.165) is 4.68 Å². The summed E-state index contributed by atoms with van der Waals surface area (Å²) < 4.78 is 15.0. The largest absolute Gasteiger partial charge is 0.377 e. The summed E-state index contributed by atoms with van der Waals surface area (Å²) in [5, 5.41) is 7.06. The summed E-state index contributed by atoms with van der Waals surface area (Å²) in [6.45, 7) is 4.45. The van der Waals surface area contributed by atoms with Gasteiger partial charge in [0.15, 0.2) is 0 Å². The lowest BCUT2D eigenvalue weighted by Crippen LogP contribution is -2.40. The second-order valence-corrected chi connectivity index (χ2v) is 3.99. The lowest BCUT2D eigenvalue weighted by atomic mass is 10.3. The lowest BCUT2D eigenvalue weighted by Gasteiger charge is -2.16. The Morgan fingerprint density at radius 2 is 1.90 bits per heavy atom. The van der Waals surface area contributed by atoms with Crippen molar-refractivity contribution in [3.8, 4) is 5.69 Å². The molecular formula is C12H14FN5O2. The first kappa shape index (κ1) is 13.9. The van der Waals surface area contributed by atoms with Crippen LogP contribution < -0.4 is 5.69 Å². The zero-order valence-electron chi connectivity index (χ0n) is 11.2. The third-order valence-corrected chi connectivity index (χ3v) is 2.88. The quantitative estimate of drug-likeness (QED) is 0.782. The van der Waals surface area contributed by atoms with E-state index in [0.29, 0.717) is 17.8 Å². The summed E-state index contributed by atoms with van der Waals surface area (Å²) in [6.07, 6.45) is 0. The molecule has 0 aliphatic carbocycles. The maximum Gasteiger partial charge on any atom is 0.377 e. The molecule has 8 heteroatoms. The normalized spacial score (nSPS) is 10.6. The van der Waals surface area contributed by atoms with Gasteiger partial charge in [-0.15, -0.1) is 4.68 Å². The van der Waals surface area contributed by atoms with E-state index in [-0.39, 0.29) is 5.69 Å². The first-order chi connectivity index (χ1) is 9.60. The van der Waals surface area contributed by atoms with Crippen LogP contribution >= 0.6 is 0 Å². The van der Waals surface area contributed by atoms with Crippen molar-refractivity contribution < 1.29 is 9.18 Å². The number of aromatic nitrogens is 4. The van der Waals surface area contributed by atoms with Crippen molar-refractivity contribution in [2.45, 2.75) is 13.8 Å². The first-order valence-corrected chi connectivity index (χ1v) is 6.19. The number of carbonyl (C=O) groups is 1. The molecule has 0 fully saturated rings. The Morgan fingerprint density at radius 1 is 1.25 bits per heavy atom. The minimum atomic E-state index is -0.799. The third-order valence-electron chi connectivity index (χ3n) is 2.88. The number of halogens is 1. The first-order valence-electron chi connectivity index (χ1n) is 6.19. The lowest BCUT2D eigenvalue weighted by molar-refractivity contribution is 0.200. The van der Waals surface area contributed by atoms with Crippen LogP contribution in [0.25, 0.3) is 5.69 Å². The van der Waals surface area contributed by atoms with Gasteiger partial charge in [0.05, 0.1) is 0 Å². The highest BCUT2D eigenvalue weighted by atomic mass is 19.1. The fourth-order valence-electron chi connectivity index (χ4n) is 1.77. The number of rotatable bonds is 3. The number of hydrogen-bond donors (Lipinski definition) is 0. The molecule has 2 rings (SSSR count). The van der Waals surface area contributed by atoms with Crippen LogP contribution in [0.2, 0.25) is 0 Å². The van der Waals surface area contributed by atoms with E-state index in [1.807, 2.05) is 0 Å². The molecule has 1 heterocycles. The molecule has 2 aromatic rings. The fraction of sp³-hybridized carbons (Fsp3) is 0.333. The molecule has 1 aromatic heterocycles. The van der Waals surface area contributed by atoms with Crippen LogP contribution in [0.4, 0.5) is 9.18 Å². The summed E-state index contributed by atoms with van der Waals surface area (Å²) in [7, 11) is 0. The standard InChI is InChI=1S/C12H14FN5O2/c1-3-16(4-2)11(19)18-12(20)17(14-15-18)10-8-6-5-7-9(10)13/h5-8H,3-4H2,1-2H3. The molecule has 20 heavy (non-hydrogen) atoms. The number of nitrogens with zero attached hydrogens (tertiary/aromatic N) is 5. The average Bonchev–Trinajstić information content (AvgIpc) is 2.82. The maximum atomic E-state index is 13.6. The fourth-order valence-corrected chi connectivity index (χ4v) is 1.77. The van der Waals surface area contributed by atoms with Crippen molar-refractivity contribution in [2.75, 3.05) is 13.1 Å². The Hall–Kier alpha value is -2.51. The van der Waals surface area contributed by atoms with Gasteiger partial charge in [0.1, 0.15) is 11.5 Å². The molecule has 0 saturated heterocycles. The summed E-state index contributed by atoms with van der Waals surface area (Å²) in [4.78, 5) is 25.5. The zero-order valence-corrected chi connectivity index (χ0v) is 11.2. The Kier molecular flexibility index (Phi) is 3.92. The van der Waals surface area contributed by atoms with Crippen molar-refractivity contribution in [2.24, 2.45) is 0 Å². The van der Waals surface area contributed by atoms with Crippen LogP contribution in [0.15, 0.2) is 29.1 Å². The summed E-state index contributed by atoms with van der Waals surface area (Å²) in [5.74, 6) is -0.614. The minimum Gasteiger partial charge on any atom is -0.323 e. The predicted molar refractivity (Wildman–Crippen MR) is 69.3 cm³/mol. The van der Waals surface area contributed by atoms with Gasteiger partial charge >= 0.3 is 11.7 Å². The van der Waals surface area contributed by atoms with Crippen molar-refractivity contribution in [1.82, 2.24) is 24.7 Å². The Balaban J connectivity index is 2.45. The van der Waals surface area contributed by atoms with E-state index in [1.54, 1.807) is 19.9 Å². The number of carbonyl (C=O) groups excluding carboxylic acids is 1. The van der Waals surface area contributed by atoms with Gasteiger partial charge in [0.25, 0.3) is 0 Å². The Bertz CT molecular complexity index is 674. The van der Waals surface area contributed by atoms with Crippen LogP contribution in [0.1, 0.15) is 13.8 Å². The average molecular weight is 279 g/mol. The molecule has 0 unspecified atom stereocenters. The van der Waals surface area contributed by atoms with Crippen LogP contribution in [0.5, 0.6) is 0 Å². The van der Waals surface area contributed by atoms with Gasteiger partial charge in [-0.3, -0.25) is 0 Å². The van der Waals surface area contributed by atoms with Crippen molar-refractivity contribution in [3.05, 3.63) is 40.6 Å². The van der Waals surface area contributed by atoms with E-state index >= 15 is 0 Å². The SMILES string of the molecule is CCN(CC)C(=O)n1nnn(-c2ccccc2F)c1=O. The molecule has 0 aliphatic heterocycles. The van der Waals surface area contributed by atoms with Gasteiger partial charge in [0.2, 0.25) is 0 Å². The molecule has 0 atom stereocenters. The monoisotopic (exact) mass is 279 g/mol. The highest BCUT2D eigenvalue weighted by Gasteiger charge is 2.20. The van der Waals surface area contributed by atoms with Gasteiger partial charge in [-0.2, -0.15) is 4.68 Å². The number of hydrogen-bond acceptors (Lipinski definition) is 4. The smallest absolute Gasteiger partial charge is 0.323 e. The van der Waals surface area contributed by atoms with E-state index in [1.165, 1.54) is 23.1 Å². The van der Waals surface area contributed by atoms with E-state index in [2.05, 4.69) is 10.4 Å². The number of amides is 1. The molecule has 106 valence electrons.